The van der Waals surface area contributed by atoms with Crippen LogP contribution in [0.2, 0.25) is 0 Å². The highest BCUT2D eigenvalue weighted by molar-refractivity contribution is 5.78. The summed E-state index contributed by atoms with van der Waals surface area (Å²) in [6.45, 7) is 3.18. The van der Waals surface area contributed by atoms with E-state index >= 15 is 0 Å². The minimum absolute atomic E-state index is 0.145. The summed E-state index contributed by atoms with van der Waals surface area (Å²) in [5.74, 6) is 0.145. The fraction of sp³-hybridized carbons (Fsp3) is 0.667. The van der Waals surface area contributed by atoms with Crippen LogP contribution in [0, 0.1) is 0 Å². The standard InChI is InChI=1S/C18H27N3O3/c1-20(13-15-4-8-19-9-5-15)14-17(23)21-10-6-18(7-11-21)16(22)3-2-12-24-18/h4-5,8-9,16,22H,2-3,6-7,10-14H2,1H3. The smallest absolute Gasteiger partial charge is 0.236 e. The van der Waals surface area contributed by atoms with Crippen LogP contribution in [0.3, 0.4) is 0 Å². The van der Waals surface area contributed by atoms with Crippen molar-refractivity contribution in [2.75, 3.05) is 33.3 Å². The first-order valence-corrected chi connectivity index (χ1v) is 8.76. The summed E-state index contributed by atoms with van der Waals surface area (Å²) in [6, 6.07) is 3.93. The van der Waals surface area contributed by atoms with Gasteiger partial charge in [0.05, 0.1) is 18.2 Å². The van der Waals surface area contributed by atoms with E-state index in [-0.39, 0.29) is 5.91 Å². The van der Waals surface area contributed by atoms with Crippen LogP contribution in [0.1, 0.15) is 31.2 Å². The summed E-state index contributed by atoms with van der Waals surface area (Å²) in [5.41, 5.74) is 0.731. The van der Waals surface area contributed by atoms with Crippen molar-refractivity contribution in [3.63, 3.8) is 0 Å². The van der Waals surface area contributed by atoms with Gasteiger partial charge in [0.2, 0.25) is 5.91 Å². The predicted octanol–water partition coefficient (Wildman–Crippen LogP) is 1.05. The van der Waals surface area contributed by atoms with Gasteiger partial charge in [-0.05, 0) is 50.4 Å². The summed E-state index contributed by atoms with van der Waals surface area (Å²) in [7, 11) is 1.96. The van der Waals surface area contributed by atoms with Crippen molar-refractivity contribution in [2.24, 2.45) is 0 Å². The molecule has 0 saturated carbocycles. The lowest BCUT2D eigenvalue weighted by Gasteiger charge is -2.46. The minimum atomic E-state index is -0.419. The number of piperidine rings is 1. The van der Waals surface area contributed by atoms with Crippen molar-refractivity contribution in [3.05, 3.63) is 30.1 Å². The second-order valence-electron chi connectivity index (χ2n) is 6.98. The van der Waals surface area contributed by atoms with Crippen molar-refractivity contribution >= 4 is 5.91 Å². The van der Waals surface area contributed by atoms with Gasteiger partial charge in [0.25, 0.3) is 0 Å². The highest BCUT2D eigenvalue weighted by Gasteiger charge is 2.44. The number of amides is 1. The maximum atomic E-state index is 12.5. The Morgan fingerprint density at radius 1 is 1.42 bits per heavy atom. The summed E-state index contributed by atoms with van der Waals surface area (Å²) < 4.78 is 5.90. The van der Waals surface area contributed by atoms with Gasteiger partial charge in [0.1, 0.15) is 0 Å². The van der Waals surface area contributed by atoms with Crippen LogP contribution in [0.25, 0.3) is 0 Å². The maximum Gasteiger partial charge on any atom is 0.236 e. The Balaban J connectivity index is 1.48. The van der Waals surface area contributed by atoms with Crippen LogP contribution in [0.4, 0.5) is 0 Å². The van der Waals surface area contributed by atoms with Gasteiger partial charge >= 0.3 is 0 Å². The molecule has 2 aliphatic rings. The minimum Gasteiger partial charge on any atom is -0.390 e. The number of likely N-dealkylation sites (tertiary alicyclic amines) is 1. The molecule has 0 bridgehead atoms. The Hall–Kier alpha value is -1.50. The Morgan fingerprint density at radius 3 is 2.79 bits per heavy atom. The summed E-state index contributed by atoms with van der Waals surface area (Å²) in [6.07, 6.45) is 6.34. The number of nitrogens with zero attached hydrogens (tertiary/aromatic N) is 3. The van der Waals surface area contributed by atoms with Crippen LogP contribution in [0.5, 0.6) is 0 Å². The van der Waals surface area contributed by atoms with E-state index in [4.69, 9.17) is 4.74 Å². The molecule has 1 spiro atoms. The van der Waals surface area contributed by atoms with E-state index < -0.39 is 11.7 Å². The molecule has 1 aromatic rings. The SMILES string of the molecule is CN(CC(=O)N1CCC2(CC1)OCCCC2O)Cc1ccncc1. The molecular weight excluding hydrogens is 306 g/mol. The van der Waals surface area contributed by atoms with E-state index in [1.807, 2.05) is 29.0 Å². The monoisotopic (exact) mass is 333 g/mol. The number of carbonyl (C=O) groups excluding carboxylic acids is 1. The zero-order chi connectivity index (χ0) is 17.0. The third-order valence-electron chi connectivity index (χ3n) is 5.19. The molecule has 3 rings (SSSR count). The lowest BCUT2D eigenvalue weighted by atomic mass is 9.82. The first kappa shape index (κ1) is 17.3. The van der Waals surface area contributed by atoms with E-state index in [0.29, 0.717) is 19.6 Å². The number of aliphatic hydroxyl groups is 1. The number of pyridine rings is 1. The average Bonchev–Trinajstić information content (AvgIpc) is 2.59. The molecule has 0 aliphatic carbocycles. The van der Waals surface area contributed by atoms with Crippen molar-refractivity contribution < 1.29 is 14.6 Å². The summed E-state index contributed by atoms with van der Waals surface area (Å²) in [5, 5.41) is 10.3. The topological polar surface area (TPSA) is 65.9 Å². The van der Waals surface area contributed by atoms with E-state index in [2.05, 4.69) is 4.98 Å². The number of aromatic nitrogens is 1. The van der Waals surface area contributed by atoms with Gasteiger partial charge < -0.3 is 14.7 Å². The second-order valence-corrected chi connectivity index (χ2v) is 6.98. The van der Waals surface area contributed by atoms with E-state index in [1.165, 1.54) is 0 Å². The van der Waals surface area contributed by atoms with Gasteiger partial charge in [-0.3, -0.25) is 14.7 Å². The fourth-order valence-electron chi connectivity index (χ4n) is 3.71. The average molecular weight is 333 g/mol. The predicted molar refractivity (Wildman–Crippen MR) is 90.3 cm³/mol. The van der Waals surface area contributed by atoms with Crippen LogP contribution < -0.4 is 0 Å². The van der Waals surface area contributed by atoms with E-state index in [0.717, 1.165) is 44.4 Å². The molecule has 132 valence electrons. The lowest BCUT2D eigenvalue weighted by Crippen LogP contribution is -2.56. The van der Waals surface area contributed by atoms with Gasteiger partial charge in [0, 0.05) is 38.6 Å². The molecule has 1 N–H and O–H groups in total. The molecule has 1 unspecified atom stereocenters. The highest BCUT2D eigenvalue weighted by Crippen LogP contribution is 2.35. The summed E-state index contributed by atoms with van der Waals surface area (Å²) >= 11 is 0. The molecule has 1 atom stereocenters. The number of rotatable bonds is 4. The number of carbonyl (C=O) groups is 1. The number of hydrogen-bond donors (Lipinski definition) is 1. The second kappa shape index (κ2) is 7.59. The maximum absolute atomic E-state index is 12.5. The third-order valence-corrected chi connectivity index (χ3v) is 5.19. The van der Waals surface area contributed by atoms with Crippen molar-refractivity contribution in [2.45, 2.75) is 43.9 Å². The number of ether oxygens (including phenoxy) is 1. The third kappa shape index (κ3) is 3.94. The number of aliphatic hydroxyl groups excluding tert-OH is 1. The first-order valence-electron chi connectivity index (χ1n) is 8.76. The molecule has 6 nitrogen and oxygen atoms in total. The molecule has 2 fully saturated rings. The van der Waals surface area contributed by atoms with Crippen LogP contribution in [-0.4, -0.2) is 70.8 Å². The molecule has 0 aromatic carbocycles. The Kier molecular flexibility index (Phi) is 5.48. The van der Waals surface area contributed by atoms with E-state index in [9.17, 15) is 9.90 Å². The molecule has 2 aliphatic heterocycles. The van der Waals surface area contributed by atoms with Crippen molar-refractivity contribution in [1.29, 1.82) is 0 Å². The Morgan fingerprint density at radius 2 is 2.12 bits per heavy atom. The molecule has 1 amide bonds. The zero-order valence-electron chi connectivity index (χ0n) is 14.4. The van der Waals surface area contributed by atoms with Crippen molar-refractivity contribution in [3.8, 4) is 0 Å². The highest BCUT2D eigenvalue weighted by atomic mass is 16.5. The fourth-order valence-corrected chi connectivity index (χ4v) is 3.71. The van der Waals surface area contributed by atoms with Crippen LogP contribution in [-0.2, 0) is 16.1 Å². The van der Waals surface area contributed by atoms with Gasteiger partial charge in [-0.15, -0.1) is 0 Å². The zero-order valence-corrected chi connectivity index (χ0v) is 14.4. The van der Waals surface area contributed by atoms with Gasteiger partial charge in [0.15, 0.2) is 0 Å². The number of hydrogen-bond acceptors (Lipinski definition) is 5. The van der Waals surface area contributed by atoms with E-state index in [1.54, 1.807) is 12.4 Å². The lowest BCUT2D eigenvalue weighted by molar-refractivity contribution is -0.179. The Labute approximate surface area is 143 Å². The normalized spacial score (nSPS) is 23.6. The van der Waals surface area contributed by atoms with Crippen molar-refractivity contribution in [1.82, 2.24) is 14.8 Å². The molecule has 6 heteroatoms. The molecule has 1 aromatic heterocycles. The molecule has 24 heavy (non-hydrogen) atoms. The quantitative estimate of drug-likeness (QED) is 0.892. The number of likely N-dealkylation sites (N-methyl/N-ethyl adjacent to an activating group) is 1. The first-order chi connectivity index (χ1) is 11.6. The molecule has 3 heterocycles. The van der Waals surface area contributed by atoms with Gasteiger partial charge in [-0.25, -0.2) is 0 Å². The molecular formula is C18H27N3O3. The Bertz CT molecular complexity index is 544. The molecule has 0 radical (unpaired) electrons. The van der Waals surface area contributed by atoms with Gasteiger partial charge in [-0.2, -0.15) is 0 Å². The summed E-state index contributed by atoms with van der Waals surface area (Å²) in [4.78, 5) is 20.5. The molecule has 2 saturated heterocycles. The van der Waals surface area contributed by atoms with Crippen LogP contribution >= 0.6 is 0 Å². The van der Waals surface area contributed by atoms with Gasteiger partial charge in [-0.1, -0.05) is 0 Å². The van der Waals surface area contributed by atoms with Crippen LogP contribution in [0.15, 0.2) is 24.5 Å². The largest absolute Gasteiger partial charge is 0.390 e.